The van der Waals surface area contributed by atoms with Gasteiger partial charge in [-0.25, -0.2) is 13.6 Å². The van der Waals surface area contributed by atoms with Crippen LogP contribution in [0.25, 0.3) is 0 Å². The molecule has 1 aromatic carbocycles. The molecule has 3 aliphatic rings. The van der Waals surface area contributed by atoms with Crippen molar-refractivity contribution in [2.45, 2.75) is 31.2 Å². The third-order valence-electron chi connectivity index (χ3n) is 5.38. The fourth-order valence-electron chi connectivity index (χ4n) is 3.87. The van der Waals surface area contributed by atoms with Crippen LogP contribution in [0.3, 0.4) is 0 Å². The molecule has 3 atom stereocenters. The number of rotatable bonds is 2. The van der Waals surface area contributed by atoms with E-state index < -0.39 is 11.6 Å². The number of hydrogen-bond acceptors (Lipinski definition) is 2. The van der Waals surface area contributed by atoms with E-state index in [-0.39, 0.29) is 29.0 Å². The highest BCUT2D eigenvalue weighted by atomic mass is 19.1. The summed E-state index contributed by atoms with van der Waals surface area (Å²) < 4.78 is 33.0. The van der Waals surface area contributed by atoms with E-state index in [4.69, 9.17) is 4.74 Å². The van der Waals surface area contributed by atoms with Gasteiger partial charge in [0.15, 0.2) is 0 Å². The molecule has 0 bridgehead atoms. The summed E-state index contributed by atoms with van der Waals surface area (Å²) in [5.41, 5.74) is 0.220. The fourth-order valence-corrected chi connectivity index (χ4v) is 3.87. The Labute approximate surface area is 133 Å². The van der Waals surface area contributed by atoms with E-state index in [0.29, 0.717) is 13.0 Å². The Hall–Kier alpha value is -1.69. The Morgan fingerprint density at radius 2 is 2.09 bits per heavy atom. The van der Waals surface area contributed by atoms with Crippen LogP contribution in [-0.4, -0.2) is 43.3 Å². The zero-order valence-corrected chi connectivity index (χ0v) is 12.9. The van der Waals surface area contributed by atoms with E-state index in [9.17, 15) is 13.6 Å². The maximum Gasteiger partial charge on any atom is 0.317 e. The number of nitrogens with zero attached hydrogens (tertiary/aromatic N) is 1. The normalized spacial score (nSPS) is 32.5. The van der Waals surface area contributed by atoms with Crippen molar-refractivity contribution in [2.75, 3.05) is 26.3 Å². The molecule has 1 N–H and O–H groups in total. The van der Waals surface area contributed by atoms with Crippen LogP contribution in [0, 0.1) is 17.0 Å². The molecule has 3 fully saturated rings. The monoisotopic (exact) mass is 322 g/mol. The Kier molecular flexibility index (Phi) is 3.52. The molecule has 1 spiro atoms. The van der Waals surface area contributed by atoms with Crippen LogP contribution < -0.4 is 5.32 Å². The molecule has 0 unspecified atom stereocenters. The summed E-state index contributed by atoms with van der Waals surface area (Å²) in [6, 6.07) is 3.58. The largest absolute Gasteiger partial charge is 0.381 e. The van der Waals surface area contributed by atoms with Crippen LogP contribution >= 0.6 is 0 Å². The van der Waals surface area contributed by atoms with Gasteiger partial charge in [0.25, 0.3) is 0 Å². The van der Waals surface area contributed by atoms with E-state index >= 15 is 0 Å². The third kappa shape index (κ3) is 2.69. The molecule has 6 heteroatoms. The van der Waals surface area contributed by atoms with Crippen molar-refractivity contribution in [3.63, 3.8) is 0 Å². The molecule has 2 heterocycles. The summed E-state index contributed by atoms with van der Waals surface area (Å²) >= 11 is 0. The van der Waals surface area contributed by atoms with Crippen LogP contribution in [0.2, 0.25) is 0 Å². The molecule has 1 aromatic rings. The summed E-state index contributed by atoms with van der Waals surface area (Å²) in [4.78, 5) is 14.2. The lowest BCUT2D eigenvalue weighted by atomic mass is 9.87. The molecule has 2 saturated heterocycles. The van der Waals surface area contributed by atoms with Gasteiger partial charge in [-0.2, -0.15) is 0 Å². The van der Waals surface area contributed by atoms with Gasteiger partial charge in [-0.1, -0.05) is 6.07 Å². The number of urea groups is 1. The predicted molar refractivity (Wildman–Crippen MR) is 80.1 cm³/mol. The Balaban J connectivity index is 1.36. The zero-order chi connectivity index (χ0) is 16.0. The first-order valence-electron chi connectivity index (χ1n) is 8.15. The maximum absolute atomic E-state index is 13.8. The van der Waals surface area contributed by atoms with Gasteiger partial charge in [0, 0.05) is 42.6 Å². The standard InChI is InChI=1S/C17H20F2N2O2/c18-12-2-1-3-13(19)15(12)11-8-14(11)20-16(22)21-6-4-17(9-21)5-7-23-10-17/h1-3,11,14H,4-10H2,(H,20,22)/t11-,14-,17-/m1/s1. The molecule has 2 aliphatic heterocycles. The highest BCUT2D eigenvalue weighted by Gasteiger charge is 2.46. The van der Waals surface area contributed by atoms with E-state index in [1.54, 1.807) is 0 Å². The van der Waals surface area contributed by atoms with Crippen molar-refractivity contribution in [1.82, 2.24) is 10.2 Å². The summed E-state index contributed by atoms with van der Waals surface area (Å²) in [6.07, 6.45) is 2.56. The zero-order valence-electron chi connectivity index (χ0n) is 12.9. The lowest BCUT2D eigenvalue weighted by Crippen LogP contribution is -2.41. The van der Waals surface area contributed by atoms with Gasteiger partial charge in [0.1, 0.15) is 11.6 Å². The van der Waals surface area contributed by atoms with Crippen molar-refractivity contribution in [3.05, 3.63) is 35.4 Å². The van der Waals surface area contributed by atoms with E-state index in [1.165, 1.54) is 18.2 Å². The molecule has 2 amide bonds. The molecule has 0 radical (unpaired) electrons. The Morgan fingerprint density at radius 3 is 2.78 bits per heavy atom. The summed E-state index contributed by atoms with van der Waals surface area (Å²) in [7, 11) is 0. The number of carbonyl (C=O) groups is 1. The van der Waals surface area contributed by atoms with Gasteiger partial charge in [-0.15, -0.1) is 0 Å². The molecular weight excluding hydrogens is 302 g/mol. The highest BCUT2D eigenvalue weighted by Crippen LogP contribution is 2.43. The summed E-state index contributed by atoms with van der Waals surface area (Å²) in [5, 5.41) is 2.92. The minimum Gasteiger partial charge on any atom is -0.381 e. The second kappa shape index (κ2) is 5.44. The Morgan fingerprint density at radius 1 is 1.30 bits per heavy atom. The highest BCUT2D eigenvalue weighted by molar-refractivity contribution is 5.75. The van der Waals surface area contributed by atoms with Gasteiger partial charge < -0.3 is 15.0 Å². The van der Waals surface area contributed by atoms with Crippen molar-refractivity contribution in [3.8, 4) is 0 Å². The van der Waals surface area contributed by atoms with Crippen molar-refractivity contribution in [1.29, 1.82) is 0 Å². The van der Waals surface area contributed by atoms with E-state index in [0.717, 1.165) is 32.6 Å². The number of carbonyl (C=O) groups excluding carboxylic acids is 1. The molecule has 4 rings (SSSR count). The number of benzene rings is 1. The van der Waals surface area contributed by atoms with Gasteiger partial charge in [-0.05, 0) is 31.4 Å². The van der Waals surface area contributed by atoms with Gasteiger partial charge in [0.05, 0.1) is 6.61 Å². The van der Waals surface area contributed by atoms with Crippen LogP contribution in [0.4, 0.5) is 13.6 Å². The second-order valence-corrected chi connectivity index (χ2v) is 7.01. The topological polar surface area (TPSA) is 41.6 Å². The molecule has 23 heavy (non-hydrogen) atoms. The number of likely N-dealkylation sites (tertiary alicyclic amines) is 1. The summed E-state index contributed by atoms with van der Waals surface area (Å²) in [6.45, 7) is 2.93. The first kappa shape index (κ1) is 14.9. The lowest BCUT2D eigenvalue weighted by Gasteiger charge is -2.22. The SMILES string of the molecule is O=C(N[C@@H]1C[C@H]1c1c(F)cccc1F)N1CC[C@@]2(CCOC2)C1. The van der Waals surface area contributed by atoms with E-state index in [2.05, 4.69) is 5.32 Å². The smallest absolute Gasteiger partial charge is 0.317 e. The van der Waals surface area contributed by atoms with Crippen LogP contribution in [0.15, 0.2) is 18.2 Å². The maximum atomic E-state index is 13.8. The average Bonchev–Trinajstić information content (AvgIpc) is 2.97. The molecule has 124 valence electrons. The van der Waals surface area contributed by atoms with Gasteiger partial charge in [-0.3, -0.25) is 0 Å². The van der Waals surface area contributed by atoms with Crippen LogP contribution in [0.1, 0.15) is 30.7 Å². The lowest BCUT2D eigenvalue weighted by molar-refractivity contribution is 0.152. The van der Waals surface area contributed by atoms with E-state index in [1.807, 2.05) is 4.90 Å². The fraction of sp³-hybridized carbons (Fsp3) is 0.588. The molecule has 1 saturated carbocycles. The predicted octanol–water partition coefficient (Wildman–Crippen LogP) is 2.64. The molecule has 0 aromatic heterocycles. The van der Waals surface area contributed by atoms with Crippen molar-refractivity contribution < 1.29 is 18.3 Å². The molecular formula is C17H20F2N2O2. The number of ether oxygens (including phenoxy) is 1. The number of hydrogen-bond donors (Lipinski definition) is 1. The van der Waals surface area contributed by atoms with Crippen LogP contribution in [-0.2, 0) is 4.74 Å². The summed E-state index contributed by atoms with van der Waals surface area (Å²) in [5.74, 6) is -1.32. The number of nitrogens with one attached hydrogen (secondary N) is 1. The first-order valence-corrected chi connectivity index (χ1v) is 8.15. The van der Waals surface area contributed by atoms with Gasteiger partial charge in [0.2, 0.25) is 0 Å². The third-order valence-corrected chi connectivity index (χ3v) is 5.38. The average molecular weight is 322 g/mol. The second-order valence-electron chi connectivity index (χ2n) is 7.01. The van der Waals surface area contributed by atoms with Gasteiger partial charge >= 0.3 is 6.03 Å². The molecule has 1 aliphatic carbocycles. The molecule has 4 nitrogen and oxygen atoms in total. The Bertz CT molecular complexity index is 611. The van der Waals surface area contributed by atoms with Crippen molar-refractivity contribution >= 4 is 6.03 Å². The number of halogens is 2. The van der Waals surface area contributed by atoms with Crippen LogP contribution in [0.5, 0.6) is 0 Å². The minimum absolute atomic E-state index is 0.0971. The minimum atomic E-state index is -0.532. The number of amides is 2. The first-order chi connectivity index (χ1) is 11.1. The van der Waals surface area contributed by atoms with Crippen molar-refractivity contribution in [2.24, 2.45) is 5.41 Å². The quantitative estimate of drug-likeness (QED) is 0.909.